The van der Waals surface area contributed by atoms with Crippen molar-refractivity contribution in [3.8, 4) is 0 Å². The third kappa shape index (κ3) is 2.76. The number of hydrogen-bond acceptors (Lipinski definition) is 3. The average molecular weight is 297 g/mol. The van der Waals surface area contributed by atoms with Crippen LogP contribution in [0.1, 0.15) is 19.3 Å². The van der Waals surface area contributed by atoms with Crippen LogP contribution >= 0.6 is 0 Å². The van der Waals surface area contributed by atoms with Crippen molar-refractivity contribution >= 4 is 10.0 Å². The van der Waals surface area contributed by atoms with E-state index in [1.165, 1.54) is 17.1 Å². The molecule has 1 aromatic rings. The molecule has 1 fully saturated rings. The molecule has 1 aromatic heterocycles. The van der Waals surface area contributed by atoms with Gasteiger partial charge >= 0.3 is 6.18 Å². The molecular weight excluding hydrogens is 283 g/mol. The lowest BCUT2D eigenvalue weighted by Crippen LogP contribution is -2.51. The average Bonchev–Trinajstić information content (AvgIpc) is 2.75. The van der Waals surface area contributed by atoms with Crippen LogP contribution in [0.15, 0.2) is 17.6 Å². The van der Waals surface area contributed by atoms with Crippen LogP contribution in [0.25, 0.3) is 0 Å². The first-order valence-electron chi connectivity index (χ1n) is 5.79. The Bertz CT molecular complexity index is 553. The van der Waals surface area contributed by atoms with E-state index in [-0.39, 0.29) is 18.0 Å². The Morgan fingerprint density at radius 1 is 1.37 bits per heavy atom. The van der Waals surface area contributed by atoms with E-state index < -0.39 is 22.2 Å². The lowest BCUT2D eigenvalue weighted by molar-refractivity contribution is -0.177. The molecule has 0 saturated carbocycles. The molecule has 9 heteroatoms. The molecule has 2 rings (SSSR count). The zero-order valence-corrected chi connectivity index (χ0v) is 11.1. The van der Waals surface area contributed by atoms with Gasteiger partial charge in [-0.3, -0.25) is 0 Å². The SMILES string of the molecule is Cn1cnc(S(=O)(=O)N2CCCCC2C(F)(F)F)c1. The van der Waals surface area contributed by atoms with Crippen molar-refractivity contribution in [3.05, 3.63) is 12.5 Å². The van der Waals surface area contributed by atoms with Gasteiger partial charge in [-0.2, -0.15) is 17.5 Å². The molecule has 1 aliphatic heterocycles. The third-order valence-electron chi connectivity index (χ3n) is 3.09. The van der Waals surface area contributed by atoms with E-state index in [2.05, 4.69) is 4.98 Å². The van der Waals surface area contributed by atoms with Crippen molar-refractivity contribution < 1.29 is 21.6 Å². The smallest absolute Gasteiger partial charge is 0.339 e. The number of hydrogen-bond donors (Lipinski definition) is 0. The first kappa shape index (κ1) is 14.3. The molecule has 1 aliphatic rings. The van der Waals surface area contributed by atoms with E-state index in [9.17, 15) is 21.6 Å². The molecule has 0 N–H and O–H groups in total. The van der Waals surface area contributed by atoms with Crippen molar-refractivity contribution in [1.82, 2.24) is 13.9 Å². The summed E-state index contributed by atoms with van der Waals surface area (Å²) in [5.41, 5.74) is 0. The van der Waals surface area contributed by atoms with Crippen molar-refractivity contribution in [2.45, 2.75) is 36.5 Å². The lowest BCUT2D eigenvalue weighted by Gasteiger charge is -2.35. The van der Waals surface area contributed by atoms with Gasteiger partial charge in [0.15, 0.2) is 5.03 Å². The zero-order valence-electron chi connectivity index (χ0n) is 10.3. The number of imidazole rings is 1. The number of rotatable bonds is 2. The van der Waals surface area contributed by atoms with Crippen LogP contribution in [0.3, 0.4) is 0 Å². The van der Waals surface area contributed by atoms with Gasteiger partial charge in [-0.15, -0.1) is 0 Å². The topological polar surface area (TPSA) is 55.2 Å². The quantitative estimate of drug-likeness (QED) is 0.832. The van der Waals surface area contributed by atoms with Crippen LogP contribution in [-0.4, -0.2) is 41.0 Å². The van der Waals surface area contributed by atoms with E-state index in [0.717, 1.165) is 0 Å². The normalized spacial score (nSPS) is 22.6. The summed E-state index contributed by atoms with van der Waals surface area (Å²) in [6.45, 7) is -0.122. The summed E-state index contributed by atoms with van der Waals surface area (Å²) in [7, 11) is -2.63. The highest BCUT2D eigenvalue weighted by atomic mass is 32.2. The van der Waals surface area contributed by atoms with E-state index in [0.29, 0.717) is 17.1 Å². The Labute approximate surface area is 109 Å². The fraction of sp³-hybridized carbons (Fsp3) is 0.700. The highest BCUT2D eigenvalue weighted by Gasteiger charge is 2.49. The predicted octanol–water partition coefficient (Wildman–Crippen LogP) is 1.53. The van der Waals surface area contributed by atoms with Gasteiger partial charge in [-0.25, -0.2) is 13.4 Å². The number of sulfonamides is 1. The molecule has 0 aliphatic carbocycles. The fourth-order valence-corrected chi connectivity index (χ4v) is 3.81. The minimum Gasteiger partial charge on any atom is -0.339 e. The van der Waals surface area contributed by atoms with Gasteiger partial charge in [-0.05, 0) is 12.8 Å². The number of aryl methyl sites for hydroxylation is 1. The minimum absolute atomic E-state index is 0.122. The molecule has 0 spiro atoms. The van der Waals surface area contributed by atoms with Gasteiger partial charge in [0.2, 0.25) is 0 Å². The molecular formula is C10H14F3N3O2S. The van der Waals surface area contributed by atoms with E-state index >= 15 is 0 Å². The van der Waals surface area contributed by atoms with Crippen LogP contribution in [0.4, 0.5) is 13.2 Å². The molecule has 1 atom stereocenters. The third-order valence-corrected chi connectivity index (χ3v) is 4.88. The molecule has 5 nitrogen and oxygen atoms in total. The highest BCUT2D eigenvalue weighted by Crippen LogP contribution is 2.34. The van der Waals surface area contributed by atoms with Crippen molar-refractivity contribution in [1.29, 1.82) is 0 Å². The molecule has 0 bridgehead atoms. The second kappa shape index (κ2) is 4.78. The summed E-state index contributed by atoms with van der Waals surface area (Å²) >= 11 is 0. The van der Waals surface area contributed by atoms with Crippen molar-refractivity contribution in [3.63, 3.8) is 0 Å². The molecule has 0 radical (unpaired) electrons. The summed E-state index contributed by atoms with van der Waals surface area (Å²) in [4.78, 5) is 3.65. The Kier molecular flexibility index (Phi) is 3.61. The Morgan fingerprint density at radius 3 is 2.58 bits per heavy atom. The maximum atomic E-state index is 12.9. The Morgan fingerprint density at radius 2 is 2.05 bits per heavy atom. The lowest BCUT2D eigenvalue weighted by atomic mass is 10.1. The van der Waals surface area contributed by atoms with Gasteiger partial charge in [0.05, 0.1) is 6.33 Å². The number of nitrogens with zero attached hydrogens (tertiary/aromatic N) is 3. The van der Waals surface area contributed by atoms with Crippen molar-refractivity contribution in [2.24, 2.45) is 7.05 Å². The monoisotopic (exact) mass is 297 g/mol. The maximum absolute atomic E-state index is 12.9. The van der Waals surface area contributed by atoms with Gasteiger partial charge in [-0.1, -0.05) is 6.42 Å². The van der Waals surface area contributed by atoms with E-state index in [1.54, 1.807) is 7.05 Å². The molecule has 19 heavy (non-hydrogen) atoms. The highest BCUT2D eigenvalue weighted by molar-refractivity contribution is 7.89. The second-order valence-electron chi connectivity index (χ2n) is 4.55. The standard InChI is InChI=1S/C10H14F3N3O2S/c1-15-6-9(14-7-15)19(17,18)16-5-3-2-4-8(16)10(11,12)13/h6-8H,2-5H2,1H3. The predicted molar refractivity (Wildman–Crippen MR) is 60.8 cm³/mol. The van der Waals surface area contributed by atoms with Gasteiger partial charge in [0.1, 0.15) is 6.04 Å². The zero-order chi connectivity index (χ0) is 14.3. The maximum Gasteiger partial charge on any atom is 0.405 e. The summed E-state index contributed by atoms with van der Waals surface area (Å²) in [5.74, 6) is 0. The first-order chi connectivity index (χ1) is 8.73. The van der Waals surface area contributed by atoms with Crippen LogP contribution in [0.2, 0.25) is 0 Å². The number of alkyl halides is 3. The largest absolute Gasteiger partial charge is 0.405 e. The van der Waals surface area contributed by atoms with Crippen LogP contribution < -0.4 is 0 Å². The molecule has 0 amide bonds. The summed E-state index contributed by atoms with van der Waals surface area (Å²) in [6, 6.07) is -1.95. The Balaban J connectivity index is 2.37. The minimum atomic E-state index is -4.55. The summed E-state index contributed by atoms with van der Waals surface area (Å²) < 4.78 is 65.1. The first-order valence-corrected chi connectivity index (χ1v) is 7.23. The fourth-order valence-electron chi connectivity index (χ4n) is 2.16. The molecule has 1 unspecified atom stereocenters. The van der Waals surface area contributed by atoms with E-state index in [4.69, 9.17) is 0 Å². The molecule has 2 heterocycles. The number of aromatic nitrogens is 2. The number of halogens is 3. The molecule has 108 valence electrons. The van der Waals surface area contributed by atoms with Gasteiger partial charge in [0.25, 0.3) is 10.0 Å². The van der Waals surface area contributed by atoms with Crippen LogP contribution in [0.5, 0.6) is 0 Å². The van der Waals surface area contributed by atoms with Gasteiger partial charge in [0, 0.05) is 19.8 Å². The van der Waals surface area contributed by atoms with Crippen molar-refractivity contribution in [2.75, 3.05) is 6.54 Å². The number of piperidine rings is 1. The van der Waals surface area contributed by atoms with Gasteiger partial charge < -0.3 is 4.57 Å². The van der Waals surface area contributed by atoms with E-state index in [1.807, 2.05) is 0 Å². The van der Waals surface area contributed by atoms with Crippen LogP contribution in [0, 0.1) is 0 Å². The van der Waals surface area contributed by atoms with Crippen LogP contribution in [-0.2, 0) is 17.1 Å². The molecule has 0 aromatic carbocycles. The second-order valence-corrected chi connectivity index (χ2v) is 6.38. The Hall–Kier alpha value is -1.09. The summed E-state index contributed by atoms with van der Waals surface area (Å²) in [6.07, 6.45) is -1.49. The molecule has 1 saturated heterocycles. The summed E-state index contributed by atoms with van der Waals surface area (Å²) in [5, 5.41) is -0.342.